The highest BCUT2D eigenvalue weighted by molar-refractivity contribution is 7.55. The summed E-state index contributed by atoms with van der Waals surface area (Å²) in [4.78, 5) is 4.48. The standard InChI is InChI=1S/C20H26NO5P.C4H8O2.CH4/c1-16-5-3-6-19(21-16)7-4-12-23-13-14-24-20-10-8-18(9-11-20)17(2)27(22)25-15-26-27;1-3-6-4-5-2;/h3,5-6,8-11,17H,4,7,12-15H2,1-2H3;3H,1,4H2,2H3;1H4. The van der Waals surface area contributed by atoms with Gasteiger partial charge in [0.25, 0.3) is 0 Å². The summed E-state index contributed by atoms with van der Waals surface area (Å²) in [5.74, 6) is 0.757. The first-order valence-corrected chi connectivity index (χ1v) is 12.4. The van der Waals surface area contributed by atoms with E-state index in [-0.39, 0.29) is 19.9 Å². The highest BCUT2D eigenvalue weighted by Gasteiger charge is 2.40. The zero-order valence-corrected chi connectivity index (χ0v) is 20.5. The molecule has 2 heterocycles. The van der Waals surface area contributed by atoms with Crippen molar-refractivity contribution in [3.05, 3.63) is 72.3 Å². The Balaban J connectivity index is 0.000000735. The van der Waals surface area contributed by atoms with Crippen LogP contribution >= 0.6 is 7.60 Å². The molecule has 0 aliphatic carbocycles. The summed E-state index contributed by atoms with van der Waals surface area (Å²) in [6.45, 7) is 9.26. The summed E-state index contributed by atoms with van der Waals surface area (Å²) in [6.07, 6.45) is 3.19. The largest absolute Gasteiger partial charge is 0.491 e. The summed E-state index contributed by atoms with van der Waals surface area (Å²) in [5, 5.41) is 0. The molecule has 190 valence electrons. The van der Waals surface area contributed by atoms with E-state index >= 15 is 0 Å². The van der Waals surface area contributed by atoms with Crippen LogP contribution in [0.5, 0.6) is 5.75 Å². The van der Waals surface area contributed by atoms with Crippen LogP contribution in [0.15, 0.2) is 55.3 Å². The maximum absolute atomic E-state index is 12.2. The fourth-order valence-electron chi connectivity index (χ4n) is 2.94. The quantitative estimate of drug-likeness (QED) is 0.143. The first-order chi connectivity index (χ1) is 16.0. The number of methoxy groups -OCH3 is 1. The predicted molar refractivity (Wildman–Crippen MR) is 133 cm³/mol. The van der Waals surface area contributed by atoms with Crippen molar-refractivity contribution in [3.8, 4) is 5.75 Å². The van der Waals surface area contributed by atoms with Crippen molar-refractivity contribution in [1.82, 2.24) is 4.98 Å². The van der Waals surface area contributed by atoms with Crippen LogP contribution in [0.2, 0.25) is 0 Å². The van der Waals surface area contributed by atoms with Gasteiger partial charge in [-0.05, 0) is 56.5 Å². The number of hydrogen-bond donors (Lipinski definition) is 0. The Morgan fingerprint density at radius 3 is 2.44 bits per heavy atom. The molecule has 0 spiro atoms. The molecule has 0 amide bonds. The molecule has 1 atom stereocenters. The topological polar surface area (TPSA) is 85.3 Å². The Bertz CT molecular complexity index is 868. The van der Waals surface area contributed by atoms with Crippen molar-refractivity contribution in [1.29, 1.82) is 0 Å². The summed E-state index contributed by atoms with van der Waals surface area (Å²) >= 11 is 0. The van der Waals surface area contributed by atoms with Crippen LogP contribution < -0.4 is 4.74 Å². The molecular formula is C25H38NO7P. The number of nitrogens with zero attached hydrogens (tertiary/aromatic N) is 1. The molecule has 1 fully saturated rings. The number of pyridine rings is 1. The second-order valence-electron chi connectivity index (χ2n) is 7.24. The minimum atomic E-state index is -2.95. The molecule has 34 heavy (non-hydrogen) atoms. The molecule has 1 aliphatic rings. The lowest BCUT2D eigenvalue weighted by Gasteiger charge is -2.31. The summed E-state index contributed by atoms with van der Waals surface area (Å²) < 4.78 is 42.7. The highest BCUT2D eigenvalue weighted by Crippen LogP contribution is 2.66. The van der Waals surface area contributed by atoms with Gasteiger partial charge in [0, 0.05) is 25.1 Å². The second-order valence-corrected chi connectivity index (χ2v) is 9.61. The molecule has 8 nitrogen and oxygen atoms in total. The Morgan fingerprint density at radius 1 is 1.15 bits per heavy atom. The lowest BCUT2D eigenvalue weighted by atomic mass is 10.1. The fourth-order valence-corrected chi connectivity index (χ4v) is 4.23. The Morgan fingerprint density at radius 2 is 1.88 bits per heavy atom. The smallest absolute Gasteiger partial charge is 0.342 e. The van der Waals surface area contributed by atoms with E-state index in [1.54, 1.807) is 7.11 Å². The van der Waals surface area contributed by atoms with Gasteiger partial charge in [-0.25, -0.2) is 0 Å². The Labute approximate surface area is 203 Å². The molecule has 2 aromatic rings. The third-order valence-corrected chi connectivity index (χ3v) is 6.95. The van der Waals surface area contributed by atoms with Gasteiger partial charge in [0.1, 0.15) is 12.4 Å². The van der Waals surface area contributed by atoms with E-state index in [0.29, 0.717) is 26.6 Å². The van der Waals surface area contributed by atoms with Crippen molar-refractivity contribution in [2.24, 2.45) is 0 Å². The van der Waals surface area contributed by atoms with Crippen molar-refractivity contribution in [3.63, 3.8) is 0 Å². The molecule has 1 aliphatic heterocycles. The average molecular weight is 496 g/mol. The number of aromatic nitrogens is 1. The molecular weight excluding hydrogens is 457 g/mol. The number of rotatable bonds is 13. The third-order valence-electron chi connectivity index (χ3n) is 4.77. The first-order valence-electron chi connectivity index (χ1n) is 10.8. The van der Waals surface area contributed by atoms with Gasteiger partial charge >= 0.3 is 7.60 Å². The fraction of sp³-hybridized carbons (Fsp3) is 0.480. The van der Waals surface area contributed by atoms with Crippen LogP contribution in [-0.4, -0.2) is 45.5 Å². The molecule has 3 rings (SSSR count). The number of ether oxygens (including phenoxy) is 4. The van der Waals surface area contributed by atoms with E-state index in [9.17, 15) is 4.57 Å². The molecule has 1 unspecified atom stereocenters. The normalized spacial score (nSPS) is 14.4. The Hall–Kier alpha value is -2.22. The zero-order valence-electron chi connectivity index (χ0n) is 19.6. The SMILES string of the molecule is C.C=COCOC.Cc1cccc(CCCOCCOc2ccc(C(C)P3(=O)OCO3)cc2)n1. The van der Waals surface area contributed by atoms with Crippen molar-refractivity contribution in [2.45, 2.75) is 39.8 Å². The molecule has 0 bridgehead atoms. The van der Waals surface area contributed by atoms with Gasteiger partial charge in [-0.1, -0.05) is 32.2 Å². The molecule has 0 saturated carbocycles. The number of aryl methyl sites for hydroxylation is 2. The van der Waals surface area contributed by atoms with Crippen molar-refractivity contribution < 1.29 is 32.6 Å². The maximum atomic E-state index is 12.2. The van der Waals surface area contributed by atoms with Crippen molar-refractivity contribution >= 4 is 7.60 Å². The monoisotopic (exact) mass is 495 g/mol. The molecule has 0 N–H and O–H groups in total. The van der Waals surface area contributed by atoms with Gasteiger partial charge in [-0.3, -0.25) is 18.6 Å². The summed E-state index contributed by atoms with van der Waals surface area (Å²) in [7, 11) is -1.39. The van der Waals surface area contributed by atoms with E-state index in [0.717, 1.165) is 35.5 Å². The molecule has 1 saturated heterocycles. The second kappa shape index (κ2) is 16.4. The average Bonchev–Trinajstić information content (AvgIpc) is 2.81. The van der Waals surface area contributed by atoms with E-state index in [2.05, 4.69) is 21.0 Å². The third kappa shape index (κ3) is 10.4. The van der Waals surface area contributed by atoms with Crippen LogP contribution in [-0.2, 0) is 34.2 Å². The minimum absolute atomic E-state index is 0. The highest BCUT2D eigenvalue weighted by atomic mass is 31.2. The first kappa shape index (κ1) is 29.8. The van der Waals surface area contributed by atoms with Crippen LogP contribution in [0.3, 0.4) is 0 Å². The van der Waals surface area contributed by atoms with Crippen LogP contribution in [0, 0.1) is 6.92 Å². The van der Waals surface area contributed by atoms with E-state index in [1.165, 1.54) is 6.26 Å². The molecule has 0 radical (unpaired) electrons. The summed E-state index contributed by atoms with van der Waals surface area (Å²) in [5.41, 5.74) is 2.78. The van der Waals surface area contributed by atoms with E-state index < -0.39 is 7.60 Å². The van der Waals surface area contributed by atoms with Gasteiger partial charge in [-0.15, -0.1) is 0 Å². The minimum Gasteiger partial charge on any atom is -0.491 e. The zero-order chi connectivity index (χ0) is 23.9. The van der Waals surface area contributed by atoms with Crippen LogP contribution in [0.1, 0.15) is 43.4 Å². The Kier molecular flexibility index (Phi) is 14.4. The molecule has 1 aromatic carbocycles. The number of benzene rings is 1. The van der Waals surface area contributed by atoms with E-state index in [4.69, 9.17) is 18.5 Å². The van der Waals surface area contributed by atoms with Gasteiger partial charge in [0.2, 0.25) is 0 Å². The lowest BCUT2D eigenvalue weighted by Crippen LogP contribution is -2.14. The van der Waals surface area contributed by atoms with Crippen molar-refractivity contribution in [2.75, 3.05) is 40.5 Å². The maximum Gasteiger partial charge on any atom is 0.342 e. The predicted octanol–water partition coefficient (Wildman–Crippen LogP) is 6.06. The number of hydrogen-bond acceptors (Lipinski definition) is 8. The molecule has 9 heteroatoms. The van der Waals surface area contributed by atoms with Crippen LogP contribution in [0.4, 0.5) is 0 Å². The van der Waals surface area contributed by atoms with Gasteiger partial charge in [0.15, 0.2) is 13.6 Å². The van der Waals surface area contributed by atoms with Crippen LogP contribution in [0.25, 0.3) is 0 Å². The van der Waals surface area contributed by atoms with E-state index in [1.807, 2.05) is 56.3 Å². The van der Waals surface area contributed by atoms with Gasteiger partial charge in [-0.2, -0.15) is 0 Å². The van der Waals surface area contributed by atoms with Gasteiger partial charge in [0.05, 0.1) is 18.5 Å². The summed E-state index contributed by atoms with van der Waals surface area (Å²) in [6, 6.07) is 13.6. The van der Waals surface area contributed by atoms with Gasteiger partial charge < -0.3 is 18.9 Å². The molecule has 1 aromatic heterocycles. The lowest BCUT2D eigenvalue weighted by molar-refractivity contribution is 0.00468.